The molecule has 3 aromatic rings. The molecule has 0 N–H and O–H groups in total. The predicted molar refractivity (Wildman–Crippen MR) is 131 cm³/mol. The fraction of sp³-hybridized carbons (Fsp3) is 0.321. The summed E-state index contributed by atoms with van der Waals surface area (Å²) >= 11 is 0. The lowest BCUT2D eigenvalue weighted by molar-refractivity contribution is 0.0674. The van der Waals surface area contributed by atoms with Crippen LogP contribution in [0.1, 0.15) is 79.6 Å². The summed E-state index contributed by atoms with van der Waals surface area (Å²) in [6.45, 7) is 4.49. The van der Waals surface area contributed by atoms with E-state index in [-0.39, 0.29) is 23.8 Å². The number of aryl methyl sites for hydroxylation is 3. The highest BCUT2D eigenvalue weighted by Gasteiger charge is 2.38. The SMILES string of the molecule is Cc1ccc(C)c(N2C(=O)c3ccc(C(=O)N4CCCCCC4c4cccn4C)cc3C2=O)c1. The lowest BCUT2D eigenvalue weighted by Gasteiger charge is -2.31. The molecule has 0 saturated carbocycles. The van der Waals surface area contributed by atoms with Crippen molar-refractivity contribution in [2.24, 2.45) is 7.05 Å². The lowest BCUT2D eigenvalue weighted by atomic mass is 10.0. The summed E-state index contributed by atoms with van der Waals surface area (Å²) in [5.41, 5.74) is 4.62. The number of aromatic nitrogens is 1. The molecule has 1 fully saturated rings. The van der Waals surface area contributed by atoms with Crippen LogP contribution in [0.5, 0.6) is 0 Å². The number of anilines is 1. The highest BCUT2D eigenvalue weighted by atomic mass is 16.2. The van der Waals surface area contributed by atoms with E-state index in [1.807, 2.05) is 56.3 Å². The van der Waals surface area contributed by atoms with Crippen molar-refractivity contribution < 1.29 is 14.4 Å². The Bertz CT molecular complexity index is 1310. The van der Waals surface area contributed by atoms with E-state index < -0.39 is 0 Å². The van der Waals surface area contributed by atoms with Crippen LogP contribution in [0.15, 0.2) is 54.7 Å². The Labute approximate surface area is 199 Å². The smallest absolute Gasteiger partial charge is 0.266 e. The van der Waals surface area contributed by atoms with Crippen LogP contribution in [0.3, 0.4) is 0 Å². The van der Waals surface area contributed by atoms with Gasteiger partial charge in [-0.2, -0.15) is 0 Å². The number of likely N-dealkylation sites (tertiary alicyclic amines) is 1. The summed E-state index contributed by atoms with van der Waals surface area (Å²) < 4.78 is 2.07. The Hall–Kier alpha value is -3.67. The van der Waals surface area contributed by atoms with Crippen LogP contribution in [0, 0.1) is 13.8 Å². The first-order valence-electron chi connectivity index (χ1n) is 11.9. The molecule has 1 aromatic heterocycles. The third-order valence-corrected chi connectivity index (χ3v) is 7.08. The number of carbonyl (C=O) groups excluding carboxylic acids is 3. The fourth-order valence-corrected chi connectivity index (χ4v) is 5.20. The van der Waals surface area contributed by atoms with Crippen LogP contribution < -0.4 is 4.90 Å². The zero-order valence-corrected chi connectivity index (χ0v) is 19.9. The zero-order chi connectivity index (χ0) is 24.0. The molecule has 3 amide bonds. The number of carbonyl (C=O) groups is 3. The van der Waals surface area contributed by atoms with Gasteiger partial charge < -0.3 is 9.47 Å². The number of benzene rings is 2. The van der Waals surface area contributed by atoms with Gasteiger partial charge in [-0.25, -0.2) is 4.90 Å². The third-order valence-electron chi connectivity index (χ3n) is 7.08. The van der Waals surface area contributed by atoms with Gasteiger partial charge in [-0.1, -0.05) is 25.0 Å². The molecule has 0 spiro atoms. The number of hydrogen-bond acceptors (Lipinski definition) is 3. The number of imide groups is 1. The van der Waals surface area contributed by atoms with Crippen LogP contribution in [0.2, 0.25) is 0 Å². The average molecular weight is 456 g/mol. The Morgan fingerprint density at radius 1 is 0.912 bits per heavy atom. The van der Waals surface area contributed by atoms with Gasteiger partial charge in [-0.05, 0) is 74.2 Å². The molecule has 174 valence electrons. The largest absolute Gasteiger partial charge is 0.353 e. The van der Waals surface area contributed by atoms with Gasteiger partial charge in [0.25, 0.3) is 17.7 Å². The topological polar surface area (TPSA) is 62.6 Å². The molecule has 2 aromatic carbocycles. The minimum absolute atomic E-state index is 0.00738. The molecule has 0 bridgehead atoms. The number of hydrogen-bond donors (Lipinski definition) is 0. The van der Waals surface area contributed by atoms with E-state index in [9.17, 15) is 14.4 Å². The van der Waals surface area contributed by atoms with Gasteiger partial charge >= 0.3 is 0 Å². The second-order valence-corrected chi connectivity index (χ2v) is 9.40. The normalized spacial score (nSPS) is 18.3. The quantitative estimate of drug-likeness (QED) is 0.510. The van der Waals surface area contributed by atoms with Gasteiger partial charge in [-0.15, -0.1) is 0 Å². The van der Waals surface area contributed by atoms with E-state index >= 15 is 0 Å². The molecule has 3 heterocycles. The third kappa shape index (κ3) is 3.63. The van der Waals surface area contributed by atoms with Crippen molar-refractivity contribution in [1.82, 2.24) is 9.47 Å². The van der Waals surface area contributed by atoms with E-state index in [0.29, 0.717) is 28.9 Å². The lowest BCUT2D eigenvalue weighted by Crippen LogP contribution is -2.35. The number of amides is 3. The summed E-state index contributed by atoms with van der Waals surface area (Å²) in [5.74, 6) is -0.816. The van der Waals surface area contributed by atoms with Crippen molar-refractivity contribution in [3.8, 4) is 0 Å². The Morgan fingerprint density at radius 3 is 2.47 bits per heavy atom. The van der Waals surface area contributed by atoms with Crippen LogP contribution >= 0.6 is 0 Å². The first-order chi connectivity index (χ1) is 16.4. The van der Waals surface area contributed by atoms with Crippen LogP contribution in [0.25, 0.3) is 0 Å². The molecule has 1 saturated heterocycles. The standard InChI is InChI=1S/C28H29N3O3/c1-18-10-11-19(2)25(16-18)31-27(33)21-13-12-20(17-22(21)28(31)34)26(32)30-15-6-4-5-8-24(30)23-9-7-14-29(23)3/h7,9-14,16-17,24H,4-6,8,15H2,1-3H3. The molecule has 34 heavy (non-hydrogen) atoms. The minimum Gasteiger partial charge on any atom is -0.353 e. The number of rotatable bonds is 3. The molecular weight excluding hydrogens is 426 g/mol. The first-order valence-corrected chi connectivity index (χ1v) is 11.9. The Morgan fingerprint density at radius 2 is 1.71 bits per heavy atom. The van der Waals surface area contributed by atoms with Crippen molar-refractivity contribution in [2.45, 2.75) is 45.6 Å². The van der Waals surface area contributed by atoms with Crippen molar-refractivity contribution in [3.05, 3.63) is 88.2 Å². The molecule has 2 aliphatic rings. The van der Waals surface area contributed by atoms with Crippen LogP contribution in [-0.2, 0) is 7.05 Å². The average Bonchev–Trinajstić information content (AvgIpc) is 3.24. The molecule has 6 nitrogen and oxygen atoms in total. The Kier molecular flexibility index (Phi) is 5.60. The van der Waals surface area contributed by atoms with E-state index in [1.165, 1.54) is 4.90 Å². The van der Waals surface area contributed by atoms with Crippen LogP contribution in [0.4, 0.5) is 5.69 Å². The zero-order valence-electron chi connectivity index (χ0n) is 19.9. The highest BCUT2D eigenvalue weighted by Crippen LogP contribution is 2.34. The fourth-order valence-electron chi connectivity index (χ4n) is 5.20. The van der Waals surface area contributed by atoms with Gasteiger partial charge in [0, 0.05) is 31.0 Å². The van der Waals surface area contributed by atoms with Gasteiger partial charge in [0.15, 0.2) is 0 Å². The maximum absolute atomic E-state index is 13.7. The van der Waals surface area contributed by atoms with Gasteiger partial charge in [0.05, 0.1) is 22.9 Å². The predicted octanol–water partition coefficient (Wildman–Crippen LogP) is 5.20. The van der Waals surface area contributed by atoms with Gasteiger partial charge in [0.1, 0.15) is 0 Å². The molecule has 0 radical (unpaired) electrons. The molecule has 5 rings (SSSR count). The first kappa shape index (κ1) is 22.1. The summed E-state index contributed by atoms with van der Waals surface area (Å²) in [4.78, 5) is 43.4. The molecular formula is C28H29N3O3. The highest BCUT2D eigenvalue weighted by molar-refractivity contribution is 6.35. The number of nitrogens with zero attached hydrogens (tertiary/aromatic N) is 3. The van der Waals surface area contributed by atoms with Gasteiger partial charge in [0.2, 0.25) is 0 Å². The van der Waals surface area contributed by atoms with Crippen molar-refractivity contribution >= 4 is 23.4 Å². The number of fused-ring (bicyclic) bond motifs is 1. The summed E-state index contributed by atoms with van der Waals surface area (Å²) in [5, 5.41) is 0. The molecule has 1 atom stereocenters. The van der Waals surface area contributed by atoms with E-state index in [0.717, 1.165) is 42.5 Å². The van der Waals surface area contributed by atoms with Gasteiger partial charge in [-0.3, -0.25) is 14.4 Å². The van der Waals surface area contributed by atoms with Crippen molar-refractivity contribution in [1.29, 1.82) is 0 Å². The van der Waals surface area contributed by atoms with Crippen LogP contribution in [-0.4, -0.2) is 33.7 Å². The molecule has 0 aliphatic carbocycles. The molecule has 2 aliphatic heterocycles. The molecule has 1 unspecified atom stereocenters. The van der Waals surface area contributed by atoms with Crippen molar-refractivity contribution in [2.75, 3.05) is 11.4 Å². The molecule has 6 heteroatoms. The second-order valence-electron chi connectivity index (χ2n) is 9.40. The summed E-state index contributed by atoms with van der Waals surface area (Å²) in [7, 11) is 2.00. The monoisotopic (exact) mass is 455 g/mol. The minimum atomic E-state index is -0.377. The van der Waals surface area contributed by atoms with E-state index in [1.54, 1.807) is 18.2 Å². The maximum atomic E-state index is 13.7. The summed E-state index contributed by atoms with van der Waals surface area (Å²) in [6.07, 6.45) is 6.03. The van der Waals surface area contributed by atoms with E-state index in [2.05, 4.69) is 10.6 Å². The van der Waals surface area contributed by atoms with Crippen molar-refractivity contribution in [3.63, 3.8) is 0 Å². The summed E-state index contributed by atoms with van der Waals surface area (Å²) in [6, 6.07) is 14.7. The van der Waals surface area contributed by atoms with E-state index in [4.69, 9.17) is 0 Å². The Balaban J connectivity index is 1.49. The second kappa shape index (κ2) is 8.60. The maximum Gasteiger partial charge on any atom is 0.266 e.